The van der Waals surface area contributed by atoms with Crippen LogP contribution in [-0.2, 0) is 10.5 Å². The van der Waals surface area contributed by atoms with Gasteiger partial charge in [-0.2, -0.15) is 0 Å². The summed E-state index contributed by atoms with van der Waals surface area (Å²) in [4.78, 5) is 32.7. The summed E-state index contributed by atoms with van der Waals surface area (Å²) in [6.07, 6.45) is 0.198. The Bertz CT molecular complexity index is 1140. The number of aromatic nitrogens is 2. The van der Waals surface area contributed by atoms with E-state index in [1.54, 1.807) is 0 Å². The molecule has 7 heteroatoms. The molecule has 2 aromatic carbocycles. The fraction of sp³-hybridized carbons (Fsp3) is 0.261. The van der Waals surface area contributed by atoms with Gasteiger partial charge in [0.2, 0.25) is 5.91 Å². The van der Waals surface area contributed by atoms with Crippen molar-refractivity contribution >= 4 is 23.5 Å². The van der Waals surface area contributed by atoms with E-state index in [1.807, 2.05) is 56.3 Å². The van der Waals surface area contributed by atoms with Gasteiger partial charge in [0.05, 0.1) is 12.2 Å². The van der Waals surface area contributed by atoms with Crippen LogP contribution < -0.4 is 15.6 Å². The molecule has 0 fully saturated rings. The molecular formula is C23H23N3O3S. The number of amides is 1. The molecule has 2 heterocycles. The molecule has 2 N–H and O–H groups in total. The molecule has 6 nitrogen and oxygen atoms in total. The van der Waals surface area contributed by atoms with Crippen LogP contribution in [0.3, 0.4) is 0 Å². The number of rotatable bonds is 6. The van der Waals surface area contributed by atoms with E-state index in [1.165, 1.54) is 17.3 Å². The molecule has 154 valence electrons. The number of H-pyrrole nitrogens is 1. The van der Waals surface area contributed by atoms with Crippen LogP contribution in [0.2, 0.25) is 0 Å². The molecule has 0 saturated heterocycles. The van der Waals surface area contributed by atoms with Gasteiger partial charge in [-0.3, -0.25) is 9.59 Å². The lowest BCUT2D eigenvalue weighted by molar-refractivity contribution is -0.116. The molecular weight excluding hydrogens is 398 g/mol. The molecule has 0 bridgehead atoms. The Labute approximate surface area is 179 Å². The molecule has 1 amide bonds. The van der Waals surface area contributed by atoms with Gasteiger partial charge in [0.25, 0.3) is 5.56 Å². The summed E-state index contributed by atoms with van der Waals surface area (Å²) in [5.41, 5.74) is 3.46. The van der Waals surface area contributed by atoms with E-state index in [2.05, 4.69) is 21.4 Å². The van der Waals surface area contributed by atoms with Crippen molar-refractivity contribution in [2.45, 2.75) is 37.1 Å². The van der Waals surface area contributed by atoms with Gasteiger partial charge in [-0.15, -0.1) is 0 Å². The van der Waals surface area contributed by atoms with Crippen LogP contribution in [-0.4, -0.2) is 22.5 Å². The summed E-state index contributed by atoms with van der Waals surface area (Å²) >= 11 is 1.44. The number of aryl methyl sites for hydroxylation is 1. The van der Waals surface area contributed by atoms with Crippen LogP contribution in [0.25, 0.3) is 0 Å². The normalized spacial score (nSPS) is 15.4. The van der Waals surface area contributed by atoms with Crippen LogP contribution in [0.4, 0.5) is 5.82 Å². The molecule has 3 aromatic rings. The highest BCUT2D eigenvalue weighted by Gasteiger charge is 2.31. The summed E-state index contributed by atoms with van der Waals surface area (Å²) < 4.78 is 5.58. The number of aromatic amines is 1. The molecule has 1 aliphatic rings. The first-order chi connectivity index (χ1) is 14.5. The third kappa shape index (κ3) is 4.41. The highest BCUT2D eigenvalue weighted by Crippen LogP contribution is 2.35. The van der Waals surface area contributed by atoms with E-state index >= 15 is 0 Å². The Morgan fingerprint density at radius 1 is 1.17 bits per heavy atom. The Kier molecular flexibility index (Phi) is 5.90. The molecule has 0 radical (unpaired) electrons. The van der Waals surface area contributed by atoms with Gasteiger partial charge < -0.3 is 15.0 Å². The fourth-order valence-electron chi connectivity index (χ4n) is 3.65. The van der Waals surface area contributed by atoms with E-state index in [9.17, 15) is 9.59 Å². The summed E-state index contributed by atoms with van der Waals surface area (Å²) in [5, 5.41) is 3.26. The van der Waals surface area contributed by atoms with E-state index in [4.69, 9.17) is 4.74 Å². The van der Waals surface area contributed by atoms with Gasteiger partial charge in [0.1, 0.15) is 11.6 Å². The molecule has 1 atom stereocenters. The maximum atomic E-state index is 13.0. The number of thioether (sulfide) groups is 1. The fourth-order valence-corrected chi connectivity index (χ4v) is 4.45. The Morgan fingerprint density at radius 3 is 2.80 bits per heavy atom. The lowest BCUT2D eigenvalue weighted by Crippen LogP contribution is -2.31. The van der Waals surface area contributed by atoms with Gasteiger partial charge in [-0.25, -0.2) is 4.98 Å². The minimum Gasteiger partial charge on any atom is -0.494 e. The molecule has 0 unspecified atom stereocenters. The van der Waals surface area contributed by atoms with Crippen molar-refractivity contribution in [2.24, 2.45) is 0 Å². The molecule has 30 heavy (non-hydrogen) atoms. The van der Waals surface area contributed by atoms with Crippen molar-refractivity contribution in [1.82, 2.24) is 9.97 Å². The zero-order valence-corrected chi connectivity index (χ0v) is 17.7. The first-order valence-corrected chi connectivity index (χ1v) is 10.9. The monoisotopic (exact) mass is 421 g/mol. The molecule has 0 aliphatic carbocycles. The number of nitrogens with zero attached hydrogens (tertiary/aromatic N) is 1. The topological polar surface area (TPSA) is 84.1 Å². The highest BCUT2D eigenvalue weighted by atomic mass is 32.2. The van der Waals surface area contributed by atoms with Gasteiger partial charge in [-0.05, 0) is 37.1 Å². The number of ether oxygens (including phenoxy) is 1. The van der Waals surface area contributed by atoms with E-state index < -0.39 is 0 Å². The number of carbonyl (C=O) groups is 1. The molecule has 4 rings (SSSR count). The lowest BCUT2D eigenvalue weighted by atomic mass is 9.87. The second-order valence-corrected chi connectivity index (χ2v) is 8.19. The predicted octanol–water partition coefficient (Wildman–Crippen LogP) is 4.24. The third-order valence-electron chi connectivity index (χ3n) is 4.96. The standard InChI is InChI=1S/C23H23N3O3S/c1-3-29-17-9-5-8-16(11-17)18-12-19(27)24-21-20(18)22(28)26-23(25-21)30-13-15-7-4-6-14(2)10-15/h4-11,18H,3,12-13H2,1-2H3,(H2,24,25,26,27,28)/t18-/m0/s1. The first kappa shape index (κ1) is 20.2. The largest absolute Gasteiger partial charge is 0.494 e. The van der Waals surface area contributed by atoms with Crippen LogP contribution in [0.1, 0.15) is 41.5 Å². The Hall–Kier alpha value is -3.06. The van der Waals surface area contributed by atoms with Crippen LogP contribution in [0.5, 0.6) is 5.75 Å². The number of nitrogens with one attached hydrogen (secondary N) is 2. The average Bonchev–Trinajstić information content (AvgIpc) is 2.72. The van der Waals surface area contributed by atoms with Crippen molar-refractivity contribution in [1.29, 1.82) is 0 Å². The van der Waals surface area contributed by atoms with Gasteiger partial charge in [0, 0.05) is 18.1 Å². The number of anilines is 1. The third-order valence-corrected chi connectivity index (χ3v) is 5.90. The first-order valence-electron chi connectivity index (χ1n) is 9.88. The van der Waals surface area contributed by atoms with Crippen molar-refractivity contribution in [3.8, 4) is 5.75 Å². The van der Waals surface area contributed by atoms with Crippen LogP contribution in [0.15, 0.2) is 58.5 Å². The van der Waals surface area contributed by atoms with Gasteiger partial charge in [-0.1, -0.05) is 53.7 Å². The minimum absolute atomic E-state index is 0.151. The Morgan fingerprint density at radius 2 is 2.00 bits per heavy atom. The van der Waals surface area contributed by atoms with E-state index in [0.29, 0.717) is 28.9 Å². The second-order valence-electron chi connectivity index (χ2n) is 7.22. The van der Waals surface area contributed by atoms with Gasteiger partial charge >= 0.3 is 0 Å². The quantitative estimate of drug-likeness (QED) is 0.459. The van der Waals surface area contributed by atoms with E-state index in [0.717, 1.165) is 16.9 Å². The molecule has 1 aliphatic heterocycles. The summed E-state index contributed by atoms with van der Waals surface area (Å²) in [5.74, 6) is 1.23. The smallest absolute Gasteiger partial charge is 0.257 e. The molecule has 1 aromatic heterocycles. The van der Waals surface area contributed by atoms with Crippen LogP contribution in [0, 0.1) is 6.92 Å². The maximum absolute atomic E-state index is 13.0. The summed E-state index contributed by atoms with van der Waals surface area (Å²) in [6.45, 7) is 4.51. The van der Waals surface area contributed by atoms with Gasteiger partial charge in [0.15, 0.2) is 5.16 Å². The zero-order chi connectivity index (χ0) is 21.1. The lowest BCUT2D eigenvalue weighted by Gasteiger charge is -2.24. The number of benzene rings is 2. The van der Waals surface area contributed by atoms with Crippen molar-refractivity contribution in [3.63, 3.8) is 0 Å². The number of hydrogen-bond donors (Lipinski definition) is 2. The Balaban J connectivity index is 1.64. The molecule has 0 spiro atoms. The molecule has 0 saturated carbocycles. The summed E-state index contributed by atoms with van der Waals surface area (Å²) in [6, 6.07) is 15.7. The summed E-state index contributed by atoms with van der Waals surface area (Å²) in [7, 11) is 0. The SMILES string of the molecule is CCOc1cccc([C@@H]2CC(=O)Nc3nc(SCc4cccc(C)c4)[nH]c(=O)c32)c1. The van der Waals surface area contributed by atoms with Crippen molar-refractivity contribution in [2.75, 3.05) is 11.9 Å². The number of hydrogen-bond acceptors (Lipinski definition) is 5. The van der Waals surface area contributed by atoms with E-state index in [-0.39, 0.29) is 23.8 Å². The van der Waals surface area contributed by atoms with Crippen LogP contribution >= 0.6 is 11.8 Å². The predicted molar refractivity (Wildman–Crippen MR) is 118 cm³/mol. The number of fused-ring (bicyclic) bond motifs is 1. The maximum Gasteiger partial charge on any atom is 0.257 e. The zero-order valence-electron chi connectivity index (χ0n) is 16.9. The number of carbonyl (C=O) groups excluding carboxylic acids is 1. The van der Waals surface area contributed by atoms with Crippen molar-refractivity contribution < 1.29 is 9.53 Å². The average molecular weight is 422 g/mol. The minimum atomic E-state index is -0.360. The second kappa shape index (κ2) is 8.75. The van der Waals surface area contributed by atoms with Crippen molar-refractivity contribution in [3.05, 3.63) is 81.1 Å². The highest BCUT2D eigenvalue weighted by molar-refractivity contribution is 7.98.